The number of rotatable bonds is 4. The van der Waals surface area contributed by atoms with Crippen LogP contribution >= 0.6 is 23.2 Å². The van der Waals surface area contributed by atoms with Gasteiger partial charge in [0.25, 0.3) is 0 Å². The van der Waals surface area contributed by atoms with Crippen molar-refractivity contribution < 1.29 is 8.78 Å². The van der Waals surface area contributed by atoms with Crippen molar-refractivity contribution in [1.29, 1.82) is 0 Å². The minimum atomic E-state index is -2.52. The first-order valence-corrected chi connectivity index (χ1v) is 7.45. The van der Waals surface area contributed by atoms with E-state index in [0.717, 1.165) is 5.56 Å². The zero-order chi connectivity index (χ0) is 14.8. The van der Waals surface area contributed by atoms with Crippen LogP contribution in [-0.4, -0.2) is 12.0 Å². The summed E-state index contributed by atoms with van der Waals surface area (Å²) in [5, 5.41) is 1.01. The van der Waals surface area contributed by atoms with E-state index in [-0.39, 0.29) is 24.8 Å². The molecule has 0 aromatic heterocycles. The average Bonchev–Trinajstić information content (AvgIpc) is 2.41. The van der Waals surface area contributed by atoms with Gasteiger partial charge in [-0.15, -0.1) is 0 Å². The molecule has 0 saturated heterocycles. The molecule has 0 spiro atoms. The van der Waals surface area contributed by atoms with Gasteiger partial charge in [0, 0.05) is 18.9 Å². The molecule has 3 N–H and O–H groups in total. The quantitative estimate of drug-likeness (QED) is 0.644. The predicted octanol–water partition coefficient (Wildman–Crippen LogP) is 4.19. The minimum Gasteiger partial charge on any atom is -0.271 e. The summed E-state index contributed by atoms with van der Waals surface area (Å²) in [6, 6.07) is 5.36. The lowest BCUT2D eigenvalue weighted by molar-refractivity contribution is -0.0495. The van der Waals surface area contributed by atoms with Crippen LogP contribution in [0.3, 0.4) is 0 Å². The van der Waals surface area contributed by atoms with Crippen LogP contribution in [0.25, 0.3) is 0 Å². The van der Waals surface area contributed by atoms with E-state index in [4.69, 9.17) is 29.0 Å². The van der Waals surface area contributed by atoms with Crippen molar-refractivity contribution in [2.24, 2.45) is 11.8 Å². The summed E-state index contributed by atoms with van der Waals surface area (Å²) in [7, 11) is 0. The Labute approximate surface area is 127 Å². The Bertz CT molecular complexity index is 458. The molecule has 1 aromatic carbocycles. The molecule has 0 heterocycles. The van der Waals surface area contributed by atoms with Crippen molar-refractivity contribution in [3.05, 3.63) is 33.8 Å². The Balaban J connectivity index is 2.04. The van der Waals surface area contributed by atoms with Crippen LogP contribution in [0.2, 0.25) is 10.0 Å². The van der Waals surface area contributed by atoms with Crippen LogP contribution in [0.15, 0.2) is 18.2 Å². The first kappa shape index (κ1) is 16.0. The highest BCUT2D eigenvalue weighted by molar-refractivity contribution is 6.42. The minimum absolute atomic E-state index is 0.0675. The third-order valence-corrected chi connectivity index (χ3v) is 4.87. The second kappa shape index (κ2) is 6.56. The van der Waals surface area contributed by atoms with Crippen molar-refractivity contribution in [2.45, 2.75) is 44.1 Å². The summed E-state index contributed by atoms with van der Waals surface area (Å²) in [6.45, 7) is 0. The third kappa shape index (κ3) is 3.82. The van der Waals surface area contributed by atoms with Crippen molar-refractivity contribution in [2.75, 3.05) is 0 Å². The highest BCUT2D eigenvalue weighted by atomic mass is 35.5. The molecule has 1 unspecified atom stereocenters. The van der Waals surface area contributed by atoms with Crippen molar-refractivity contribution in [3.8, 4) is 0 Å². The predicted molar refractivity (Wildman–Crippen MR) is 78.2 cm³/mol. The number of alkyl halides is 2. The van der Waals surface area contributed by atoms with Gasteiger partial charge in [-0.05, 0) is 36.8 Å². The summed E-state index contributed by atoms with van der Waals surface area (Å²) in [5.41, 5.74) is 3.64. The number of hydrogen-bond acceptors (Lipinski definition) is 2. The van der Waals surface area contributed by atoms with Crippen molar-refractivity contribution >= 4 is 23.2 Å². The summed E-state index contributed by atoms with van der Waals surface area (Å²) in [5.74, 6) is 3.20. The maximum Gasteiger partial charge on any atom is 0.248 e. The molecule has 0 aliphatic heterocycles. The fraction of sp³-hybridized carbons (Fsp3) is 0.571. The smallest absolute Gasteiger partial charge is 0.248 e. The number of hydrogen-bond donors (Lipinski definition) is 2. The van der Waals surface area contributed by atoms with E-state index in [1.54, 1.807) is 6.07 Å². The molecule has 0 amide bonds. The Morgan fingerprint density at radius 1 is 1.30 bits per heavy atom. The number of nitrogens with one attached hydrogen (secondary N) is 1. The lowest BCUT2D eigenvalue weighted by atomic mass is 9.80. The maximum atomic E-state index is 13.2. The van der Waals surface area contributed by atoms with Crippen LogP contribution < -0.4 is 11.3 Å². The van der Waals surface area contributed by atoms with Crippen LogP contribution in [-0.2, 0) is 6.42 Å². The Morgan fingerprint density at radius 3 is 2.55 bits per heavy atom. The molecule has 1 saturated carbocycles. The molecule has 1 atom stereocenters. The van der Waals surface area contributed by atoms with Crippen LogP contribution in [0.1, 0.15) is 31.2 Å². The van der Waals surface area contributed by atoms with E-state index in [2.05, 4.69) is 5.43 Å². The molecular formula is C14H18Cl2F2N2. The Kier molecular flexibility index (Phi) is 5.24. The van der Waals surface area contributed by atoms with Crippen LogP contribution in [0.4, 0.5) is 8.78 Å². The zero-order valence-corrected chi connectivity index (χ0v) is 12.5. The second-order valence-electron chi connectivity index (χ2n) is 5.38. The normalized spacial score (nSPS) is 20.9. The second-order valence-corrected chi connectivity index (χ2v) is 6.17. The van der Waals surface area contributed by atoms with E-state index in [0.29, 0.717) is 29.3 Å². The number of hydrazine groups is 1. The molecule has 1 aromatic rings. The number of nitrogens with two attached hydrogens (primary N) is 1. The molecule has 20 heavy (non-hydrogen) atoms. The number of benzene rings is 1. The van der Waals surface area contributed by atoms with Gasteiger partial charge in [0.1, 0.15) is 0 Å². The van der Waals surface area contributed by atoms with E-state index in [1.165, 1.54) is 0 Å². The van der Waals surface area contributed by atoms with E-state index in [1.807, 2.05) is 12.1 Å². The lowest BCUT2D eigenvalue weighted by Crippen LogP contribution is -2.44. The van der Waals surface area contributed by atoms with Gasteiger partial charge in [0.2, 0.25) is 5.92 Å². The molecule has 1 fully saturated rings. The van der Waals surface area contributed by atoms with Gasteiger partial charge >= 0.3 is 0 Å². The molecule has 0 bridgehead atoms. The SMILES string of the molecule is NNC(Cc1cccc(Cl)c1Cl)C1CCC(F)(F)CC1. The third-order valence-electron chi connectivity index (χ3n) is 4.02. The molecular weight excluding hydrogens is 305 g/mol. The largest absolute Gasteiger partial charge is 0.271 e. The molecule has 112 valence electrons. The Hall–Kier alpha value is -0.420. The summed E-state index contributed by atoms with van der Waals surface area (Å²) >= 11 is 12.1. The van der Waals surface area contributed by atoms with Gasteiger partial charge < -0.3 is 0 Å². The average molecular weight is 323 g/mol. The molecule has 2 nitrogen and oxygen atoms in total. The van der Waals surface area contributed by atoms with Crippen molar-refractivity contribution in [3.63, 3.8) is 0 Å². The van der Waals surface area contributed by atoms with Gasteiger partial charge in [-0.1, -0.05) is 35.3 Å². The van der Waals surface area contributed by atoms with Crippen molar-refractivity contribution in [1.82, 2.24) is 5.43 Å². The zero-order valence-electron chi connectivity index (χ0n) is 11.0. The van der Waals surface area contributed by atoms with Gasteiger partial charge in [0.05, 0.1) is 10.0 Å². The van der Waals surface area contributed by atoms with Gasteiger partial charge in [-0.3, -0.25) is 11.3 Å². The number of halogens is 4. The standard InChI is InChI=1S/C14H18Cl2F2N2/c15-11-3-1-2-10(13(11)16)8-12(20-19)9-4-6-14(17,18)7-5-9/h1-3,9,12,20H,4-8,19H2. The summed E-state index contributed by atoms with van der Waals surface area (Å²) in [6.07, 6.45) is 1.39. The van der Waals surface area contributed by atoms with Crippen LogP contribution in [0.5, 0.6) is 0 Å². The first-order valence-electron chi connectivity index (χ1n) is 6.70. The molecule has 1 aliphatic rings. The van der Waals surface area contributed by atoms with Crippen LogP contribution in [0, 0.1) is 5.92 Å². The molecule has 1 aliphatic carbocycles. The van der Waals surface area contributed by atoms with Gasteiger partial charge in [0.15, 0.2) is 0 Å². The summed E-state index contributed by atoms with van der Waals surface area (Å²) < 4.78 is 26.4. The van der Waals surface area contributed by atoms with E-state index in [9.17, 15) is 8.78 Å². The van der Waals surface area contributed by atoms with E-state index < -0.39 is 5.92 Å². The molecule has 6 heteroatoms. The Morgan fingerprint density at radius 2 is 1.95 bits per heavy atom. The first-order chi connectivity index (χ1) is 9.43. The monoisotopic (exact) mass is 322 g/mol. The molecule has 2 rings (SSSR count). The van der Waals surface area contributed by atoms with E-state index >= 15 is 0 Å². The highest BCUT2D eigenvalue weighted by Gasteiger charge is 2.37. The topological polar surface area (TPSA) is 38.0 Å². The lowest BCUT2D eigenvalue weighted by Gasteiger charge is -2.33. The summed E-state index contributed by atoms with van der Waals surface area (Å²) in [4.78, 5) is 0. The molecule has 0 radical (unpaired) electrons. The highest BCUT2D eigenvalue weighted by Crippen LogP contribution is 2.38. The fourth-order valence-corrected chi connectivity index (χ4v) is 3.17. The van der Waals surface area contributed by atoms with Gasteiger partial charge in [-0.25, -0.2) is 8.78 Å². The maximum absolute atomic E-state index is 13.2. The van der Waals surface area contributed by atoms with Gasteiger partial charge in [-0.2, -0.15) is 0 Å². The fourth-order valence-electron chi connectivity index (χ4n) is 2.77.